The van der Waals surface area contributed by atoms with Crippen molar-refractivity contribution < 1.29 is 21.9 Å². The lowest BCUT2D eigenvalue weighted by atomic mass is 10.2. The van der Waals surface area contributed by atoms with Gasteiger partial charge in [0.2, 0.25) is 9.84 Å². The van der Waals surface area contributed by atoms with Crippen LogP contribution >= 0.6 is 11.6 Å². The van der Waals surface area contributed by atoms with Crippen LogP contribution in [0, 0.1) is 0 Å². The lowest BCUT2D eigenvalue weighted by Crippen LogP contribution is -2.47. The van der Waals surface area contributed by atoms with E-state index in [1.807, 2.05) is 17.0 Å². The molecular weight excluding hydrogens is 410 g/mol. The number of piperazine rings is 1. The highest BCUT2D eigenvalue weighted by Crippen LogP contribution is 2.30. The molecule has 0 saturated carbocycles. The van der Waals surface area contributed by atoms with E-state index in [0.717, 1.165) is 0 Å². The molecule has 0 aliphatic carbocycles. The predicted molar refractivity (Wildman–Crippen MR) is 105 cm³/mol. The van der Waals surface area contributed by atoms with Crippen LogP contribution in [0.25, 0.3) is 0 Å². The SMILES string of the molecule is O=S(=O)(c1ccccc1N1CCN(CCOc2ccccc2Cl)CC1)C(F)F. The van der Waals surface area contributed by atoms with Gasteiger partial charge in [0.05, 0.1) is 15.6 Å². The van der Waals surface area contributed by atoms with Crippen LogP contribution in [0.5, 0.6) is 5.75 Å². The molecule has 1 saturated heterocycles. The standard InChI is InChI=1S/C19H21ClF2N2O3S/c20-15-5-1-3-7-17(15)27-14-13-23-9-11-24(12-10-23)16-6-2-4-8-18(16)28(25,26)19(21)22/h1-8,19H,9-14H2. The highest BCUT2D eigenvalue weighted by molar-refractivity contribution is 7.91. The number of anilines is 1. The number of hydrogen-bond acceptors (Lipinski definition) is 5. The Morgan fingerprint density at radius 2 is 1.64 bits per heavy atom. The van der Waals surface area contributed by atoms with Gasteiger partial charge in [-0.2, -0.15) is 8.78 Å². The molecule has 28 heavy (non-hydrogen) atoms. The number of alkyl halides is 2. The maximum Gasteiger partial charge on any atom is 0.341 e. The second-order valence-electron chi connectivity index (χ2n) is 6.38. The van der Waals surface area contributed by atoms with Crippen LogP contribution in [-0.2, 0) is 9.84 Å². The average Bonchev–Trinajstić information content (AvgIpc) is 2.70. The maximum absolute atomic E-state index is 13.0. The summed E-state index contributed by atoms with van der Waals surface area (Å²) in [6.45, 7) is 3.60. The van der Waals surface area contributed by atoms with E-state index >= 15 is 0 Å². The highest BCUT2D eigenvalue weighted by atomic mass is 35.5. The predicted octanol–water partition coefficient (Wildman–Crippen LogP) is 3.54. The zero-order valence-electron chi connectivity index (χ0n) is 15.1. The third kappa shape index (κ3) is 4.74. The summed E-state index contributed by atoms with van der Waals surface area (Å²) in [6, 6.07) is 13.2. The number of ether oxygens (including phenoxy) is 1. The van der Waals surface area contributed by atoms with Gasteiger partial charge in [-0.3, -0.25) is 4.90 Å². The minimum atomic E-state index is -4.64. The number of para-hydroxylation sites is 2. The van der Waals surface area contributed by atoms with Crippen LogP contribution in [0.2, 0.25) is 5.02 Å². The fourth-order valence-corrected chi connectivity index (χ4v) is 4.25. The summed E-state index contributed by atoms with van der Waals surface area (Å²) in [7, 11) is -4.64. The molecule has 9 heteroatoms. The first-order valence-corrected chi connectivity index (χ1v) is 10.8. The Bertz CT molecular complexity index is 904. The summed E-state index contributed by atoms with van der Waals surface area (Å²) in [5, 5.41) is 0.559. The highest BCUT2D eigenvalue weighted by Gasteiger charge is 2.31. The monoisotopic (exact) mass is 430 g/mol. The molecule has 1 aliphatic heterocycles. The minimum absolute atomic E-state index is 0.319. The van der Waals surface area contributed by atoms with Crippen molar-refractivity contribution in [2.45, 2.75) is 10.7 Å². The number of hydrogen-bond donors (Lipinski definition) is 0. The third-order valence-corrected chi connectivity index (χ3v) is 6.36. The van der Waals surface area contributed by atoms with Crippen LogP contribution < -0.4 is 9.64 Å². The lowest BCUT2D eigenvalue weighted by molar-refractivity contribution is 0.200. The van der Waals surface area contributed by atoms with Gasteiger partial charge in [0.1, 0.15) is 12.4 Å². The van der Waals surface area contributed by atoms with Crippen molar-refractivity contribution in [3.05, 3.63) is 53.6 Å². The summed E-state index contributed by atoms with van der Waals surface area (Å²) in [6.07, 6.45) is 0. The molecule has 0 N–H and O–H groups in total. The topological polar surface area (TPSA) is 49.9 Å². The van der Waals surface area contributed by atoms with Gasteiger partial charge >= 0.3 is 5.76 Å². The fourth-order valence-electron chi connectivity index (χ4n) is 3.11. The second kappa shape index (κ2) is 9.07. The molecule has 152 valence electrons. The number of halogens is 3. The number of rotatable bonds is 7. The Balaban J connectivity index is 1.57. The molecule has 2 aromatic rings. The van der Waals surface area contributed by atoms with E-state index in [9.17, 15) is 17.2 Å². The van der Waals surface area contributed by atoms with E-state index in [0.29, 0.717) is 55.8 Å². The minimum Gasteiger partial charge on any atom is -0.491 e. The van der Waals surface area contributed by atoms with Gasteiger partial charge in [0, 0.05) is 32.7 Å². The molecule has 1 fully saturated rings. The van der Waals surface area contributed by atoms with E-state index < -0.39 is 15.6 Å². The van der Waals surface area contributed by atoms with Gasteiger partial charge in [-0.05, 0) is 24.3 Å². The van der Waals surface area contributed by atoms with Gasteiger partial charge in [-0.15, -0.1) is 0 Å². The van der Waals surface area contributed by atoms with Crippen molar-refractivity contribution in [2.24, 2.45) is 0 Å². The molecule has 2 aromatic carbocycles. The van der Waals surface area contributed by atoms with E-state index in [1.165, 1.54) is 12.1 Å². The van der Waals surface area contributed by atoms with Crippen molar-refractivity contribution in [3.63, 3.8) is 0 Å². The van der Waals surface area contributed by atoms with Crippen LogP contribution in [0.3, 0.4) is 0 Å². The molecule has 0 spiro atoms. The Kier molecular flexibility index (Phi) is 6.74. The van der Waals surface area contributed by atoms with Crippen LogP contribution in [-0.4, -0.2) is 58.4 Å². The Morgan fingerprint density at radius 1 is 1.00 bits per heavy atom. The first kappa shape index (κ1) is 20.8. The smallest absolute Gasteiger partial charge is 0.341 e. The third-order valence-electron chi connectivity index (χ3n) is 4.62. The van der Waals surface area contributed by atoms with Crippen molar-refractivity contribution in [1.29, 1.82) is 0 Å². The summed E-state index contributed by atoms with van der Waals surface area (Å²) in [5.74, 6) is -2.80. The molecule has 0 unspecified atom stereocenters. The average molecular weight is 431 g/mol. The van der Waals surface area contributed by atoms with E-state index in [2.05, 4.69) is 4.90 Å². The number of sulfone groups is 1. The second-order valence-corrected chi connectivity index (χ2v) is 8.67. The Morgan fingerprint density at radius 3 is 2.32 bits per heavy atom. The van der Waals surface area contributed by atoms with Gasteiger partial charge in [0.25, 0.3) is 0 Å². The molecule has 1 heterocycles. The molecule has 0 radical (unpaired) electrons. The largest absolute Gasteiger partial charge is 0.491 e. The van der Waals surface area contributed by atoms with Crippen LogP contribution in [0.4, 0.5) is 14.5 Å². The van der Waals surface area contributed by atoms with Gasteiger partial charge in [-0.25, -0.2) is 8.42 Å². The summed E-state index contributed by atoms with van der Waals surface area (Å²) >= 11 is 6.06. The first-order chi connectivity index (χ1) is 13.4. The summed E-state index contributed by atoms with van der Waals surface area (Å²) < 4.78 is 55.5. The summed E-state index contributed by atoms with van der Waals surface area (Å²) in [5.41, 5.74) is 0.328. The summed E-state index contributed by atoms with van der Waals surface area (Å²) in [4.78, 5) is 3.69. The van der Waals surface area contributed by atoms with Crippen molar-refractivity contribution >= 4 is 27.1 Å². The van der Waals surface area contributed by atoms with Crippen molar-refractivity contribution in [3.8, 4) is 5.75 Å². The van der Waals surface area contributed by atoms with Crippen LogP contribution in [0.1, 0.15) is 0 Å². The van der Waals surface area contributed by atoms with E-state index in [-0.39, 0.29) is 4.90 Å². The van der Waals surface area contributed by atoms with Crippen LogP contribution in [0.15, 0.2) is 53.4 Å². The van der Waals surface area contributed by atoms with Gasteiger partial charge in [-0.1, -0.05) is 35.9 Å². The first-order valence-electron chi connectivity index (χ1n) is 8.85. The van der Waals surface area contributed by atoms with Gasteiger partial charge in [0.15, 0.2) is 0 Å². The zero-order chi connectivity index (χ0) is 20.1. The fraction of sp³-hybridized carbons (Fsp3) is 0.368. The number of nitrogens with zero attached hydrogens (tertiary/aromatic N) is 2. The number of benzene rings is 2. The molecule has 5 nitrogen and oxygen atoms in total. The Hall–Kier alpha value is -1.90. The molecule has 0 amide bonds. The molecular formula is C19H21ClF2N2O3S. The maximum atomic E-state index is 13.0. The van der Waals surface area contributed by atoms with Gasteiger partial charge < -0.3 is 9.64 Å². The van der Waals surface area contributed by atoms with Crippen molar-refractivity contribution in [1.82, 2.24) is 4.90 Å². The zero-order valence-corrected chi connectivity index (χ0v) is 16.7. The normalized spacial score (nSPS) is 15.8. The van der Waals surface area contributed by atoms with Crippen molar-refractivity contribution in [2.75, 3.05) is 44.2 Å². The van der Waals surface area contributed by atoms with E-state index in [4.69, 9.17) is 16.3 Å². The lowest BCUT2D eigenvalue weighted by Gasteiger charge is -2.36. The molecule has 0 aromatic heterocycles. The molecule has 0 atom stereocenters. The quantitative estimate of drug-likeness (QED) is 0.672. The molecule has 3 rings (SSSR count). The molecule has 0 bridgehead atoms. The Labute approximate surface area is 168 Å². The van der Waals surface area contributed by atoms with E-state index in [1.54, 1.807) is 24.3 Å². The molecule has 1 aliphatic rings.